The second kappa shape index (κ2) is 8.50. The normalized spacial score (nSPS) is 18.5. The van der Waals surface area contributed by atoms with Crippen molar-refractivity contribution in [1.29, 1.82) is 0 Å². The number of allylic oxidation sites excluding steroid dienone is 5. The van der Waals surface area contributed by atoms with Gasteiger partial charge in [-0.2, -0.15) is 0 Å². The van der Waals surface area contributed by atoms with Crippen molar-refractivity contribution in [3.8, 4) is 5.75 Å². The Morgan fingerprint density at radius 3 is 2.64 bits per heavy atom. The second-order valence-electron chi connectivity index (χ2n) is 7.72. The molecule has 0 bridgehead atoms. The van der Waals surface area contributed by atoms with Gasteiger partial charge in [0.15, 0.2) is 0 Å². The monoisotopic (exact) mass is 341 g/mol. The SMILES string of the molecule is CC(CN[C@H](C)CC1=CC=CC(C)(C)C=C1)c1ccc(O)c(CO)c1. The third-order valence-corrected chi connectivity index (χ3v) is 4.72. The molecule has 1 aliphatic carbocycles. The fourth-order valence-electron chi connectivity index (χ4n) is 2.95. The maximum atomic E-state index is 9.68. The Labute approximate surface area is 151 Å². The highest BCUT2D eigenvalue weighted by Crippen LogP contribution is 2.25. The zero-order chi connectivity index (χ0) is 18.4. The molecule has 0 spiro atoms. The van der Waals surface area contributed by atoms with Gasteiger partial charge in [0.2, 0.25) is 0 Å². The first-order chi connectivity index (χ1) is 11.8. The predicted molar refractivity (Wildman–Crippen MR) is 105 cm³/mol. The van der Waals surface area contributed by atoms with Gasteiger partial charge in [-0.3, -0.25) is 0 Å². The molecule has 0 heterocycles. The minimum Gasteiger partial charge on any atom is -0.508 e. The maximum absolute atomic E-state index is 9.68. The van der Waals surface area contributed by atoms with Gasteiger partial charge in [0.05, 0.1) is 6.61 Å². The second-order valence-corrected chi connectivity index (χ2v) is 7.72. The minimum absolute atomic E-state index is 0.118. The molecule has 0 fully saturated rings. The van der Waals surface area contributed by atoms with Crippen LogP contribution in [0.1, 0.15) is 51.2 Å². The van der Waals surface area contributed by atoms with Gasteiger partial charge >= 0.3 is 0 Å². The number of rotatable bonds is 7. The number of benzene rings is 1. The molecule has 2 atom stereocenters. The van der Waals surface area contributed by atoms with E-state index in [4.69, 9.17) is 0 Å². The van der Waals surface area contributed by atoms with Crippen LogP contribution in [0, 0.1) is 5.41 Å². The third kappa shape index (κ3) is 5.87. The Kier molecular flexibility index (Phi) is 6.63. The Morgan fingerprint density at radius 1 is 1.16 bits per heavy atom. The van der Waals surface area contributed by atoms with Crippen molar-refractivity contribution in [2.24, 2.45) is 5.41 Å². The summed E-state index contributed by atoms with van der Waals surface area (Å²) in [5, 5.41) is 22.6. The number of nitrogens with one attached hydrogen (secondary N) is 1. The number of hydrogen-bond donors (Lipinski definition) is 3. The van der Waals surface area contributed by atoms with Gasteiger partial charge in [0, 0.05) is 23.6 Å². The van der Waals surface area contributed by atoms with Crippen LogP contribution in [0.15, 0.2) is 54.2 Å². The van der Waals surface area contributed by atoms with Crippen molar-refractivity contribution in [2.75, 3.05) is 6.54 Å². The summed E-state index contributed by atoms with van der Waals surface area (Å²) in [4.78, 5) is 0. The lowest BCUT2D eigenvalue weighted by molar-refractivity contribution is 0.275. The van der Waals surface area contributed by atoms with Crippen LogP contribution in [-0.2, 0) is 6.61 Å². The lowest BCUT2D eigenvalue weighted by Crippen LogP contribution is -2.30. The molecule has 25 heavy (non-hydrogen) atoms. The van der Waals surface area contributed by atoms with Crippen molar-refractivity contribution >= 4 is 0 Å². The largest absolute Gasteiger partial charge is 0.508 e. The van der Waals surface area contributed by atoms with E-state index in [1.54, 1.807) is 6.07 Å². The summed E-state index contributed by atoms with van der Waals surface area (Å²) in [6, 6.07) is 5.85. The van der Waals surface area contributed by atoms with Gasteiger partial charge in [-0.25, -0.2) is 0 Å². The van der Waals surface area contributed by atoms with Crippen LogP contribution < -0.4 is 5.32 Å². The van der Waals surface area contributed by atoms with Crippen LogP contribution >= 0.6 is 0 Å². The quantitative estimate of drug-likeness (QED) is 0.687. The number of aliphatic hydroxyl groups is 1. The molecule has 2 rings (SSSR count). The maximum Gasteiger partial charge on any atom is 0.121 e. The minimum atomic E-state index is -0.138. The molecule has 1 unspecified atom stereocenters. The van der Waals surface area contributed by atoms with Gasteiger partial charge in [0.25, 0.3) is 0 Å². The van der Waals surface area contributed by atoms with Crippen LogP contribution in [0.2, 0.25) is 0 Å². The van der Waals surface area contributed by atoms with E-state index < -0.39 is 0 Å². The molecule has 3 heteroatoms. The molecule has 0 aromatic heterocycles. The fraction of sp³-hybridized carbons (Fsp3) is 0.455. The number of aromatic hydroxyl groups is 1. The first kappa shape index (κ1) is 19.5. The topological polar surface area (TPSA) is 52.5 Å². The molecule has 1 aliphatic rings. The smallest absolute Gasteiger partial charge is 0.121 e. The molecule has 0 amide bonds. The number of phenols is 1. The van der Waals surface area contributed by atoms with Crippen LogP contribution in [-0.4, -0.2) is 22.8 Å². The van der Waals surface area contributed by atoms with E-state index in [1.165, 1.54) is 5.57 Å². The Bertz CT molecular complexity index is 671. The van der Waals surface area contributed by atoms with Crippen molar-refractivity contribution < 1.29 is 10.2 Å². The molecule has 0 saturated heterocycles. The van der Waals surface area contributed by atoms with Crippen LogP contribution in [0.25, 0.3) is 0 Å². The van der Waals surface area contributed by atoms with E-state index in [2.05, 4.69) is 63.4 Å². The highest BCUT2D eigenvalue weighted by Gasteiger charge is 2.13. The zero-order valence-corrected chi connectivity index (χ0v) is 15.8. The van der Waals surface area contributed by atoms with Gasteiger partial charge in [-0.1, -0.05) is 57.2 Å². The molecule has 136 valence electrons. The Morgan fingerprint density at radius 2 is 1.92 bits per heavy atom. The van der Waals surface area contributed by atoms with E-state index in [0.29, 0.717) is 17.5 Å². The first-order valence-electron chi connectivity index (χ1n) is 9.04. The summed E-state index contributed by atoms with van der Waals surface area (Å²) in [6.45, 7) is 9.49. The average molecular weight is 341 g/mol. The molecule has 0 aliphatic heterocycles. The van der Waals surface area contributed by atoms with Gasteiger partial charge in [-0.05, 0) is 42.5 Å². The number of hydrogen-bond acceptors (Lipinski definition) is 3. The number of aliphatic hydroxyl groups excluding tert-OH is 1. The van der Waals surface area contributed by atoms with Crippen molar-refractivity contribution in [3.63, 3.8) is 0 Å². The van der Waals surface area contributed by atoms with Crippen molar-refractivity contribution in [3.05, 3.63) is 65.3 Å². The van der Waals surface area contributed by atoms with E-state index in [0.717, 1.165) is 18.5 Å². The van der Waals surface area contributed by atoms with E-state index in [9.17, 15) is 10.2 Å². The van der Waals surface area contributed by atoms with Crippen molar-refractivity contribution in [2.45, 2.75) is 52.7 Å². The average Bonchev–Trinajstić information content (AvgIpc) is 2.74. The first-order valence-corrected chi connectivity index (χ1v) is 9.04. The molecular formula is C22H31NO2. The highest BCUT2D eigenvalue weighted by atomic mass is 16.3. The van der Waals surface area contributed by atoms with Gasteiger partial charge in [0.1, 0.15) is 5.75 Å². The molecule has 0 radical (unpaired) electrons. The van der Waals surface area contributed by atoms with Crippen LogP contribution in [0.3, 0.4) is 0 Å². The fourth-order valence-corrected chi connectivity index (χ4v) is 2.95. The summed E-state index contributed by atoms with van der Waals surface area (Å²) in [5.74, 6) is 0.466. The third-order valence-electron chi connectivity index (χ3n) is 4.72. The van der Waals surface area contributed by atoms with Gasteiger partial charge in [-0.15, -0.1) is 0 Å². The van der Waals surface area contributed by atoms with E-state index in [-0.39, 0.29) is 17.8 Å². The lowest BCUT2D eigenvalue weighted by atomic mass is 9.93. The van der Waals surface area contributed by atoms with Gasteiger partial charge < -0.3 is 15.5 Å². The van der Waals surface area contributed by atoms with Crippen LogP contribution in [0.4, 0.5) is 0 Å². The molecule has 1 aromatic rings. The summed E-state index contributed by atoms with van der Waals surface area (Å²) in [6.07, 6.45) is 12.0. The molecule has 0 saturated carbocycles. The summed E-state index contributed by atoms with van der Waals surface area (Å²) >= 11 is 0. The zero-order valence-electron chi connectivity index (χ0n) is 15.8. The molecular weight excluding hydrogens is 310 g/mol. The summed E-state index contributed by atoms with van der Waals surface area (Å²) in [5.41, 5.74) is 3.16. The van der Waals surface area contributed by atoms with E-state index in [1.807, 2.05) is 12.1 Å². The lowest BCUT2D eigenvalue weighted by Gasteiger charge is -2.19. The Balaban J connectivity index is 1.88. The van der Waals surface area contributed by atoms with Crippen molar-refractivity contribution in [1.82, 2.24) is 5.32 Å². The summed E-state index contributed by atoms with van der Waals surface area (Å²) in [7, 11) is 0. The van der Waals surface area contributed by atoms with Crippen LogP contribution in [0.5, 0.6) is 5.75 Å². The van der Waals surface area contributed by atoms with E-state index >= 15 is 0 Å². The predicted octanol–water partition coefficient (Wildman–Crippen LogP) is 4.43. The highest BCUT2D eigenvalue weighted by molar-refractivity contribution is 5.37. The standard InChI is InChI=1S/C22H31NO2/c1-16(19-7-8-21(25)20(13-19)15-24)14-23-17(2)12-18-6-5-10-22(3,4)11-9-18/h5-11,13,16-17,23-25H,12,14-15H2,1-4H3/t16?,17-/m1/s1. The molecule has 1 aromatic carbocycles. The summed E-state index contributed by atoms with van der Waals surface area (Å²) < 4.78 is 0. The molecule has 3 nitrogen and oxygen atoms in total. The Hall–Kier alpha value is -1.84. The molecule has 3 N–H and O–H groups in total.